The molecule has 3 rings (SSSR count). The molecule has 0 spiro atoms. The molecular weight excluding hydrogens is 476 g/mol. The molecule has 0 bridgehead atoms. The molecule has 3 aromatic carbocycles. The zero-order valence-corrected chi connectivity index (χ0v) is 21.7. The zero-order chi connectivity index (χ0) is 25.9. The first-order valence-corrected chi connectivity index (χ1v) is 12.4. The van der Waals surface area contributed by atoms with E-state index in [1.165, 1.54) is 0 Å². The number of ether oxygens (including phenoxy) is 2. The number of carbonyl (C=O) groups is 2. The molecule has 0 heterocycles. The van der Waals surface area contributed by atoms with Crippen molar-refractivity contribution >= 4 is 23.4 Å². The summed E-state index contributed by atoms with van der Waals surface area (Å²) in [6, 6.07) is 23.3. The second-order valence-corrected chi connectivity index (χ2v) is 9.08. The number of nitrogens with zero attached hydrogens (tertiary/aromatic N) is 1. The van der Waals surface area contributed by atoms with E-state index < -0.39 is 6.04 Å². The molecule has 0 saturated carbocycles. The molecule has 1 N–H and O–H groups in total. The van der Waals surface area contributed by atoms with Gasteiger partial charge in [0.05, 0.1) is 7.11 Å². The van der Waals surface area contributed by atoms with Crippen LogP contribution < -0.4 is 14.8 Å². The first-order valence-electron chi connectivity index (χ1n) is 12.0. The average molecular weight is 509 g/mol. The molecule has 0 radical (unpaired) electrons. The Labute approximate surface area is 218 Å². The Hall–Kier alpha value is -3.51. The fourth-order valence-electron chi connectivity index (χ4n) is 3.72. The number of carbonyl (C=O) groups excluding carboxylic acids is 2. The average Bonchev–Trinajstić information content (AvgIpc) is 2.90. The number of benzene rings is 3. The summed E-state index contributed by atoms with van der Waals surface area (Å²) >= 11 is 5.96. The van der Waals surface area contributed by atoms with E-state index in [2.05, 4.69) is 5.32 Å². The third-order valence-corrected chi connectivity index (χ3v) is 6.19. The second kappa shape index (κ2) is 13.5. The summed E-state index contributed by atoms with van der Waals surface area (Å²) in [6.45, 7) is 3.98. The number of hydrogen-bond acceptors (Lipinski definition) is 4. The highest BCUT2D eigenvalue weighted by molar-refractivity contribution is 6.30. The van der Waals surface area contributed by atoms with Crippen molar-refractivity contribution in [3.63, 3.8) is 0 Å². The molecule has 0 aliphatic heterocycles. The van der Waals surface area contributed by atoms with Crippen molar-refractivity contribution in [1.29, 1.82) is 0 Å². The van der Waals surface area contributed by atoms with E-state index in [0.29, 0.717) is 22.9 Å². The van der Waals surface area contributed by atoms with Gasteiger partial charge in [0.2, 0.25) is 5.91 Å². The van der Waals surface area contributed by atoms with E-state index in [0.717, 1.165) is 17.5 Å². The Morgan fingerprint density at radius 3 is 2.31 bits per heavy atom. The highest BCUT2D eigenvalue weighted by atomic mass is 35.5. The van der Waals surface area contributed by atoms with Crippen LogP contribution in [0.2, 0.25) is 5.02 Å². The summed E-state index contributed by atoms with van der Waals surface area (Å²) < 4.78 is 11.1. The van der Waals surface area contributed by atoms with Crippen molar-refractivity contribution < 1.29 is 19.1 Å². The standard InChI is InChI=1S/C29H33ClN2O4/c1-4-21(2)31-29(34)27(18-22-9-6-5-7-10-22)32(19-23-11-8-12-26(17-23)35-3)28(33)20-36-25-15-13-24(30)14-16-25/h5-17,21,27H,4,18-20H2,1-3H3,(H,31,34)/t21-,27+/m1/s1. The summed E-state index contributed by atoms with van der Waals surface area (Å²) in [5, 5.41) is 3.64. The maximum atomic E-state index is 13.6. The van der Waals surface area contributed by atoms with Crippen LogP contribution in [-0.2, 0) is 22.6 Å². The largest absolute Gasteiger partial charge is 0.497 e. The minimum Gasteiger partial charge on any atom is -0.497 e. The third-order valence-electron chi connectivity index (χ3n) is 5.94. The number of hydrogen-bond donors (Lipinski definition) is 1. The highest BCUT2D eigenvalue weighted by Gasteiger charge is 2.31. The maximum absolute atomic E-state index is 13.6. The summed E-state index contributed by atoms with van der Waals surface area (Å²) in [4.78, 5) is 28.7. The third kappa shape index (κ3) is 8.02. The lowest BCUT2D eigenvalue weighted by molar-refractivity contribution is -0.143. The predicted molar refractivity (Wildman–Crippen MR) is 142 cm³/mol. The van der Waals surface area contributed by atoms with E-state index in [4.69, 9.17) is 21.1 Å². The Morgan fingerprint density at radius 1 is 0.944 bits per heavy atom. The Balaban J connectivity index is 1.92. The minimum atomic E-state index is -0.728. The van der Waals surface area contributed by atoms with Crippen LogP contribution in [0.15, 0.2) is 78.9 Å². The van der Waals surface area contributed by atoms with Crippen LogP contribution in [0.4, 0.5) is 0 Å². The summed E-state index contributed by atoms with van der Waals surface area (Å²) in [5.74, 6) is 0.711. The fourth-order valence-corrected chi connectivity index (χ4v) is 3.85. The van der Waals surface area contributed by atoms with Gasteiger partial charge >= 0.3 is 0 Å². The number of halogens is 1. The van der Waals surface area contributed by atoms with Crippen molar-refractivity contribution in [2.45, 2.75) is 45.3 Å². The van der Waals surface area contributed by atoms with Gasteiger partial charge in [0.15, 0.2) is 6.61 Å². The van der Waals surface area contributed by atoms with Crippen LogP contribution in [-0.4, -0.2) is 42.5 Å². The SMILES string of the molecule is CC[C@@H](C)NC(=O)[C@H](Cc1ccccc1)N(Cc1cccc(OC)c1)C(=O)COc1ccc(Cl)cc1. The summed E-state index contributed by atoms with van der Waals surface area (Å²) in [6.07, 6.45) is 1.16. The van der Waals surface area contributed by atoms with E-state index in [1.54, 1.807) is 36.3 Å². The second-order valence-electron chi connectivity index (χ2n) is 8.64. The first-order chi connectivity index (χ1) is 17.4. The molecule has 3 aromatic rings. The lowest BCUT2D eigenvalue weighted by atomic mass is 10.0. The van der Waals surface area contributed by atoms with Crippen LogP contribution in [0.25, 0.3) is 0 Å². The molecule has 2 atom stereocenters. The molecule has 0 aliphatic rings. The van der Waals surface area contributed by atoms with Gasteiger partial charge in [-0.25, -0.2) is 0 Å². The van der Waals surface area contributed by atoms with Gasteiger partial charge in [-0.15, -0.1) is 0 Å². The van der Waals surface area contributed by atoms with Crippen molar-refractivity contribution in [2.75, 3.05) is 13.7 Å². The van der Waals surface area contributed by atoms with E-state index in [9.17, 15) is 9.59 Å². The summed E-state index contributed by atoms with van der Waals surface area (Å²) in [7, 11) is 1.60. The van der Waals surface area contributed by atoms with Gasteiger partial charge in [0.25, 0.3) is 5.91 Å². The van der Waals surface area contributed by atoms with Gasteiger partial charge in [-0.3, -0.25) is 9.59 Å². The number of nitrogens with one attached hydrogen (secondary N) is 1. The van der Waals surface area contributed by atoms with Crippen LogP contribution in [0.3, 0.4) is 0 Å². The number of methoxy groups -OCH3 is 1. The molecule has 190 valence electrons. The lowest BCUT2D eigenvalue weighted by Gasteiger charge is -2.32. The Bertz CT molecular complexity index is 1120. The lowest BCUT2D eigenvalue weighted by Crippen LogP contribution is -2.53. The van der Waals surface area contributed by atoms with Crippen LogP contribution in [0.5, 0.6) is 11.5 Å². The topological polar surface area (TPSA) is 67.9 Å². The maximum Gasteiger partial charge on any atom is 0.261 e. The van der Waals surface area contributed by atoms with Crippen molar-refractivity contribution in [1.82, 2.24) is 10.2 Å². The Kier molecular flexibility index (Phi) is 10.2. The van der Waals surface area contributed by atoms with Crippen LogP contribution in [0.1, 0.15) is 31.4 Å². The van der Waals surface area contributed by atoms with Gasteiger partial charge in [-0.2, -0.15) is 0 Å². The van der Waals surface area contributed by atoms with Gasteiger partial charge in [-0.05, 0) is 60.9 Å². The predicted octanol–water partition coefficient (Wildman–Crippen LogP) is 5.28. The zero-order valence-electron chi connectivity index (χ0n) is 20.9. The minimum absolute atomic E-state index is 0.0186. The van der Waals surface area contributed by atoms with E-state index in [1.807, 2.05) is 68.4 Å². The van der Waals surface area contributed by atoms with Crippen LogP contribution >= 0.6 is 11.6 Å². The normalized spacial score (nSPS) is 12.3. The van der Waals surface area contributed by atoms with E-state index >= 15 is 0 Å². The molecule has 0 fully saturated rings. The van der Waals surface area contributed by atoms with Crippen molar-refractivity contribution in [3.8, 4) is 11.5 Å². The fraction of sp³-hybridized carbons (Fsp3) is 0.310. The molecule has 0 aliphatic carbocycles. The first kappa shape index (κ1) is 27.1. The molecule has 0 aromatic heterocycles. The highest BCUT2D eigenvalue weighted by Crippen LogP contribution is 2.20. The smallest absolute Gasteiger partial charge is 0.261 e. The molecule has 6 nitrogen and oxygen atoms in total. The van der Waals surface area contributed by atoms with Gasteiger partial charge in [0.1, 0.15) is 17.5 Å². The van der Waals surface area contributed by atoms with Crippen LogP contribution in [0, 0.1) is 0 Å². The molecule has 0 saturated heterocycles. The Morgan fingerprint density at radius 2 is 1.64 bits per heavy atom. The monoisotopic (exact) mass is 508 g/mol. The van der Waals surface area contributed by atoms with Gasteiger partial charge < -0.3 is 19.7 Å². The van der Waals surface area contributed by atoms with Gasteiger partial charge in [-0.1, -0.05) is 61.0 Å². The molecular formula is C29H33ClN2O4. The molecule has 2 amide bonds. The molecule has 7 heteroatoms. The number of amides is 2. The number of rotatable bonds is 12. The molecule has 36 heavy (non-hydrogen) atoms. The molecule has 0 unspecified atom stereocenters. The van der Waals surface area contributed by atoms with E-state index in [-0.39, 0.29) is 31.0 Å². The van der Waals surface area contributed by atoms with Crippen molar-refractivity contribution in [3.05, 3.63) is 95.0 Å². The van der Waals surface area contributed by atoms with Crippen molar-refractivity contribution in [2.24, 2.45) is 0 Å². The summed E-state index contributed by atoms with van der Waals surface area (Å²) in [5.41, 5.74) is 1.81. The quantitative estimate of drug-likeness (QED) is 0.361. The van der Waals surface area contributed by atoms with Gasteiger partial charge in [0, 0.05) is 24.0 Å².